The maximum atomic E-state index is 8.96. The fourth-order valence-corrected chi connectivity index (χ4v) is 2.21. The Morgan fingerprint density at radius 1 is 1.47 bits per heavy atom. The summed E-state index contributed by atoms with van der Waals surface area (Å²) >= 11 is 0. The van der Waals surface area contributed by atoms with Gasteiger partial charge in [0.1, 0.15) is 5.75 Å². The molecule has 0 radical (unpaired) electrons. The second-order valence-corrected chi connectivity index (χ2v) is 4.65. The lowest BCUT2D eigenvalue weighted by atomic mass is 10.0. The third kappa shape index (κ3) is 4.23. The predicted molar refractivity (Wildman–Crippen MR) is 76.8 cm³/mol. The van der Waals surface area contributed by atoms with Gasteiger partial charge >= 0.3 is 0 Å². The van der Waals surface area contributed by atoms with Gasteiger partial charge in [-0.05, 0) is 31.2 Å². The van der Waals surface area contributed by atoms with Crippen LogP contribution in [0.4, 0.5) is 0 Å². The first kappa shape index (κ1) is 15.5. The van der Waals surface area contributed by atoms with Gasteiger partial charge in [-0.15, -0.1) is 0 Å². The van der Waals surface area contributed by atoms with E-state index in [1.165, 1.54) is 0 Å². The summed E-state index contributed by atoms with van der Waals surface area (Å²) in [6.45, 7) is 6.14. The second-order valence-electron chi connectivity index (χ2n) is 4.65. The van der Waals surface area contributed by atoms with Crippen molar-refractivity contribution in [2.45, 2.75) is 19.9 Å². The minimum absolute atomic E-state index is 0.000363. The van der Waals surface area contributed by atoms with Crippen LogP contribution in [0, 0.1) is 17.2 Å². The van der Waals surface area contributed by atoms with E-state index in [0.29, 0.717) is 6.54 Å². The molecule has 2 N–H and O–H groups in total. The molecule has 0 heterocycles. The van der Waals surface area contributed by atoms with Gasteiger partial charge in [0.05, 0.1) is 19.1 Å². The average molecular weight is 261 g/mol. The smallest absolute Gasteiger partial charge is 0.119 e. The SMILES string of the molecule is CCN(CC(C)C#N)C(CN)c1cccc(OC)c1. The third-order valence-electron chi connectivity index (χ3n) is 3.28. The third-order valence-corrected chi connectivity index (χ3v) is 3.28. The Balaban J connectivity index is 2.93. The van der Waals surface area contributed by atoms with Crippen LogP contribution >= 0.6 is 0 Å². The van der Waals surface area contributed by atoms with E-state index in [2.05, 4.69) is 24.0 Å². The van der Waals surface area contributed by atoms with Crippen molar-refractivity contribution in [3.05, 3.63) is 29.8 Å². The van der Waals surface area contributed by atoms with Gasteiger partial charge in [-0.1, -0.05) is 19.1 Å². The summed E-state index contributed by atoms with van der Waals surface area (Å²) in [5.74, 6) is 0.833. The zero-order valence-corrected chi connectivity index (χ0v) is 12.0. The molecule has 0 aromatic heterocycles. The number of ether oxygens (including phenoxy) is 1. The van der Waals surface area contributed by atoms with Crippen molar-refractivity contribution in [2.24, 2.45) is 11.7 Å². The van der Waals surface area contributed by atoms with Crippen molar-refractivity contribution >= 4 is 0 Å². The van der Waals surface area contributed by atoms with Crippen molar-refractivity contribution in [3.63, 3.8) is 0 Å². The number of methoxy groups -OCH3 is 1. The Labute approximate surface area is 115 Å². The number of rotatable bonds is 7. The number of likely N-dealkylation sites (N-methyl/N-ethyl adjacent to an activating group) is 1. The van der Waals surface area contributed by atoms with Crippen LogP contribution in [0.25, 0.3) is 0 Å². The van der Waals surface area contributed by atoms with Crippen molar-refractivity contribution < 1.29 is 4.74 Å². The highest BCUT2D eigenvalue weighted by molar-refractivity contribution is 5.30. The summed E-state index contributed by atoms with van der Waals surface area (Å²) in [5.41, 5.74) is 7.06. The van der Waals surface area contributed by atoms with E-state index >= 15 is 0 Å². The summed E-state index contributed by atoms with van der Waals surface area (Å²) in [4.78, 5) is 2.24. The first-order valence-electron chi connectivity index (χ1n) is 6.63. The molecule has 0 aliphatic rings. The Hall–Kier alpha value is -1.57. The number of hydrogen-bond donors (Lipinski definition) is 1. The van der Waals surface area contributed by atoms with Gasteiger partial charge in [0, 0.05) is 19.1 Å². The molecular weight excluding hydrogens is 238 g/mol. The quantitative estimate of drug-likeness (QED) is 0.817. The summed E-state index contributed by atoms with van der Waals surface area (Å²) in [6.07, 6.45) is 0. The minimum atomic E-state index is -0.000363. The molecule has 19 heavy (non-hydrogen) atoms. The van der Waals surface area contributed by atoms with E-state index in [1.54, 1.807) is 7.11 Å². The Morgan fingerprint density at radius 3 is 2.74 bits per heavy atom. The lowest BCUT2D eigenvalue weighted by molar-refractivity contribution is 0.197. The monoisotopic (exact) mass is 261 g/mol. The standard InChI is InChI=1S/C15H23N3O/c1-4-18(11-12(2)9-16)15(10-17)13-6-5-7-14(8-13)19-3/h5-8,12,15H,4,10-11,17H2,1-3H3. The molecule has 4 heteroatoms. The Kier molecular flexibility index (Phi) is 6.34. The maximum Gasteiger partial charge on any atom is 0.119 e. The normalized spacial score (nSPS) is 13.9. The van der Waals surface area contributed by atoms with Crippen molar-refractivity contribution in [1.82, 2.24) is 4.90 Å². The van der Waals surface area contributed by atoms with Gasteiger partial charge < -0.3 is 10.5 Å². The minimum Gasteiger partial charge on any atom is -0.497 e. The molecule has 0 aliphatic heterocycles. The largest absolute Gasteiger partial charge is 0.497 e. The van der Waals surface area contributed by atoms with Crippen LogP contribution in [0.15, 0.2) is 24.3 Å². The van der Waals surface area contributed by atoms with Gasteiger partial charge in [0.2, 0.25) is 0 Å². The fourth-order valence-electron chi connectivity index (χ4n) is 2.21. The average Bonchev–Trinajstić information content (AvgIpc) is 2.46. The van der Waals surface area contributed by atoms with E-state index in [-0.39, 0.29) is 12.0 Å². The number of hydrogen-bond acceptors (Lipinski definition) is 4. The molecule has 4 nitrogen and oxygen atoms in total. The van der Waals surface area contributed by atoms with Crippen LogP contribution in [0.1, 0.15) is 25.5 Å². The molecule has 2 unspecified atom stereocenters. The van der Waals surface area contributed by atoms with E-state index in [0.717, 1.165) is 24.4 Å². The molecular formula is C15H23N3O. The molecule has 0 saturated heterocycles. The van der Waals surface area contributed by atoms with Crippen LogP contribution in [0.2, 0.25) is 0 Å². The van der Waals surface area contributed by atoms with Gasteiger partial charge in [-0.3, -0.25) is 4.90 Å². The van der Waals surface area contributed by atoms with Crippen LogP contribution < -0.4 is 10.5 Å². The topological polar surface area (TPSA) is 62.3 Å². The molecule has 0 spiro atoms. The van der Waals surface area contributed by atoms with Crippen molar-refractivity contribution in [2.75, 3.05) is 26.7 Å². The molecule has 0 amide bonds. The molecule has 1 rings (SSSR count). The van der Waals surface area contributed by atoms with E-state index in [1.807, 2.05) is 25.1 Å². The zero-order chi connectivity index (χ0) is 14.3. The summed E-state index contributed by atoms with van der Waals surface area (Å²) < 4.78 is 5.25. The molecule has 2 atom stereocenters. The number of nitriles is 1. The highest BCUT2D eigenvalue weighted by Crippen LogP contribution is 2.24. The number of benzene rings is 1. The molecule has 1 aromatic carbocycles. The molecule has 0 fully saturated rings. The van der Waals surface area contributed by atoms with Crippen molar-refractivity contribution in [1.29, 1.82) is 5.26 Å². The second kappa shape index (κ2) is 7.78. The zero-order valence-electron chi connectivity index (χ0n) is 12.0. The van der Waals surface area contributed by atoms with Gasteiger partial charge in [-0.2, -0.15) is 5.26 Å². The lowest BCUT2D eigenvalue weighted by Crippen LogP contribution is -2.36. The van der Waals surface area contributed by atoms with Crippen molar-refractivity contribution in [3.8, 4) is 11.8 Å². The molecule has 0 saturated carbocycles. The van der Waals surface area contributed by atoms with Crippen LogP contribution in [-0.4, -0.2) is 31.6 Å². The van der Waals surface area contributed by atoms with Crippen LogP contribution in [-0.2, 0) is 0 Å². The maximum absolute atomic E-state index is 8.96. The van der Waals surface area contributed by atoms with E-state index in [4.69, 9.17) is 15.7 Å². The predicted octanol–water partition coefficient (Wildman–Crippen LogP) is 2.18. The van der Waals surface area contributed by atoms with Gasteiger partial charge in [0.15, 0.2) is 0 Å². The van der Waals surface area contributed by atoms with E-state index in [9.17, 15) is 0 Å². The highest BCUT2D eigenvalue weighted by Gasteiger charge is 2.19. The number of nitrogens with two attached hydrogens (primary N) is 1. The Morgan fingerprint density at radius 2 is 2.21 bits per heavy atom. The summed E-state index contributed by atoms with van der Waals surface area (Å²) in [5, 5.41) is 8.96. The van der Waals surface area contributed by atoms with E-state index < -0.39 is 0 Å². The summed E-state index contributed by atoms with van der Waals surface area (Å²) in [6, 6.07) is 10.4. The number of nitrogens with zero attached hydrogens (tertiary/aromatic N) is 2. The molecule has 104 valence electrons. The molecule has 1 aromatic rings. The summed E-state index contributed by atoms with van der Waals surface area (Å²) in [7, 11) is 1.66. The first-order valence-corrected chi connectivity index (χ1v) is 6.63. The lowest BCUT2D eigenvalue weighted by Gasteiger charge is -2.31. The van der Waals surface area contributed by atoms with Crippen LogP contribution in [0.5, 0.6) is 5.75 Å². The molecule has 0 bridgehead atoms. The first-order chi connectivity index (χ1) is 9.15. The highest BCUT2D eigenvalue weighted by atomic mass is 16.5. The Bertz CT molecular complexity index is 428. The fraction of sp³-hybridized carbons (Fsp3) is 0.533. The molecule has 0 aliphatic carbocycles. The van der Waals surface area contributed by atoms with Gasteiger partial charge in [0.25, 0.3) is 0 Å². The van der Waals surface area contributed by atoms with Gasteiger partial charge in [-0.25, -0.2) is 0 Å². The van der Waals surface area contributed by atoms with Crippen LogP contribution in [0.3, 0.4) is 0 Å².